The van der Waals surface area contributed by atoms with Crippen LogP contribution in [-0.4, -0.2) is 23.7 Å². The van der Waals surface area contributed by atoms with Crippen molar-refractivity contribution in [3.05, 3.63) is 0 Å². The molecule has 4 nitrogen and oxygen atoms in total. The monoisotopic (exact) mass is 244 g/mol. The van der Waals surface area contributed by atoms with Crippen molar-refractivity contribution in [3.8, 4) is 0 Å². The Balaban J connectivity index is 4.92. The molecule has 2 atom stereocenters. The molecule has 0 amide bonds. The third kappa shape index (κ3) is 4.75. The highest BCUT2D eigenvalue weighted by Gasteiger charge is 2.38. The van der Waals surface area contributed by atoms with Gasteiger partial charge in [-0.05, 0) is 18.3 Å². The van der Waals surface area contributed by atoms with Gasteiger partial charge in [0.15, 0.2) is 0 Å². The molecule has 0 bridgehead atoms. The first kappa shape index (κ1) is 15.9. The second-order valence-corrected chi connectivity index (χ2v) is 5.05. The van der Waals surface area contributed by atoms with Crippen LogP contribution >= 0.6 is 0 Å². The number of rotatable bonds is 7. The fourth-order valence-electron chi connectivity index (χ4n) is 1.99. The van der Waals surface area contributed by atoms with Crippen LogP contribution in [0.4, 0.5) is 0 Å². The Morgan fingerprint density at radius 1 is 1.06 bits per heavy atom. The number of carboxylic acid groups (broad SMARTS) is 1. The van der Waals surface area contributed by atoms with Crippen LogP contribution in [0.2, 0.25) is 0 Å². The molecule has 0 fully saturated rings. The highest BCUT2D eigenvalue weighted by Crippen LogP contribution is 2.29. The van der Waals surface area contributed by atoms with E-state index in [-0.39, 0.29) is 17.8 Å². The van der Waals surface area contributed by atoms with E-state index in [1.54, 1.807) is 0 Å². The summed E-state index contributed by atoms with van der Waals surface area (Å²) >= 11 is 0. The predicted octanol–water partition coefficient (Wildman–Crippen LogP) is 2.57. The lowest BCUT2D eigenvalue weighted by atomic mass is 9.77. The van der Waals surface area contributed by atoms with Crippen molar-refractivity contribution in [2.45, 2.75) is 41.0 Å². The Kier molecular flexibility index (Phi) is 6.85. The van der Waals surface area contributed by atoms with Gasteiger partial charge in [0.2, 0.25) is 0 Å². The zero-order chi connectivity index (χ0) is 13.6. The molecule has 100 valence electrons. The maximum atomic E-state index is 11.9. The molecule has 17 heavy (non-hydrogen) atoms. The number of ether oxygens (including phenoxy) is 1. The minimum atomic E-state index is -0.924. The van der Waals surface area contributed by atoms with Gasteiger partial charge in [0, 0.05) is 0 Å². The maximum Gasteiger partial charge on any atom is 0.310 e. The zero-order valence-corrected chi connectivity index (χ0v) is 11.4. The van der Waals surface area contributed by atoms with Crippen molar-refractivity contribution in [3.63, 3.8) is 0 Å². The van der Waals surface area contributed by atoms with Gasteiger partial charge < -0.3 is 9.84 Å². The third-order valence-electron chi connectivity index (χ3n) is 2.83. The minimum absolute atomic E-state index is 0.0390. The van der Waals surface area contributed by atoms with Crippen LogP contribution in [0.15, 0.2) is 0 Å². The van der Waals surface area contributed by atoms with E-state index < -0.39 is 17.8 Å². The van der Waals surface area contributed by atoms with Gasteiger partial charge in [-0.25, -0.2) is 0 Å². The second kappa shape index (κ2) is 7.30. The Morgan fingerprint density at radius 2 is 1.53 bits per heavy atom. The Labute approximate surface area is 103 Å². The summed E-state index contributed by atoms with van der Waals surface area (Å²) in [5, 5.41) is 9.23. The van der Waals surface area contributed by atoms with Gasteiger partial charge in [0.1, 0.15) is 0 Å². The summed E-state index contributed by atoms with van der Waals surface area (Å²) in [5.74, 6) is -2.69. The number of aliphatic carboxylic acids is 1. The van der Waals surface area contributed by atoms with E-state index in [1.165, 1.54) is 0 Å². The molecule has 0 spiro atoms. The molecule has 2 unspecified atom stereocenters. The standard InChI is InChI=1S/C13H24O4/c1-6-7-17-13(16)11(9(4)5)10(8(2)3)12(14)15/h8-11H,6-7H2,1-5H3,(H,14,15). The first-order chi connectivity index (χ1) is 7.82. The van der Waals surface area contributed by atoms with E-state index in [2.05, 4.69) is 0 Å². The topological polar surface area (TPSA) is 63.6 Å². The smallest absolute Gasteiger partial charge is 0.310 e. The number of carbonyl (C=O) groups is 2. The lowest BCUT2D eigenvalue weighted by Gasteiger charge is -2.28. The van der Waals surface area contributed by atoms with E-state index >= 15 is 0 Å². The summed E-state index contributed by atoms with van der Waals surface area (Å²) < 4.78 is 5.09. The molecule has 0 aromatic heterocycles. The van der Waals surface area contributed by atoms with Crippen molar-refractivity contribution in [1.82, 2.24) is 0 Å². The summed E-state index contributed by atoms with van der Waals surface area (Å²) in [6.45, 7) is 9.62. The van der Waals surface area contributed by atoms with Gasteiger partial charge >= 0.3 is 11.9 Å². The van der Waals surface area contributed by atoms with E-state index in [1.807, 2.05) is 34.6 Å². The van der Waals surface area contributed by atoms with Crippen LogP contribution in [0.5, 0.6) is 0 Å². The Bertz CT molecular complexity index is 258. The van der Waals surface area contributed by atoms with E-state index in [9.17, 15) is 14.7 Å². The van der Waals surface area contributed by atoms with Crippen molar-refractivity contribution >= 4 is 11.9 Å². The quantitative estimate of drug-likeness (QED) is 0.699. The fraction of sp³-hybridized carbons (Fsp3) is 0.846. The van der Waals surface area contributed by atoms with Crippen LogP contribution in [0, 0.1) is 23.7 Å². The average Bonchev–Trinajstić information content (AvgIpc) is 2.20. The number of carbonyl (C=O) groups excluding carboxylic acids is 1. The normalized spacial score (nSPS) is 14.8. The van der Waals surface area contributed by atoms with E-state index in [4.69, 9.17) is 4.74 Å². The highest BCUT2D eigenvalue weighted by molar-refractivity contribution is 5.81. The van der Waals surface area contributed by atoms with E-state index in [0.29, 0.717) is 6.61 Å². The van der Waals surface area contributed by atoms with Crippen LogP contribution < -0.4 is 0 Å². The van der Waals surface area contributed by atoms with Crippen molar-refractivity contribution < 1.29 is 19.4 Å². The molecule has 0 saturated carbocycles. The second-order valence-electron chi connectivity index (χ2n) is 5.05. The Morgan fingerprint density at radius 3 is 1.82 bits per heavy atom. The lowest BCUT2D eigenvalue weighted by molar-refractivity contribution is -0.161. The summed E-state index contributed by atoms with van der Waals surface area (Å²) in [5.41, 5.74) is 0. The van der Waals surface area contributed by atoms with Gasteiger partial charge in [0.25, 0.3) is 0 Å². The van der Waals surface area contributed by atoms with Gasteiger partial charge in [-0.15, -0.1) is 0 Å². The highest BCUT2D eigenvalue weighted by atomic mass is 16.5. The van der Waals surface area contributed by atoms with Gasteiger partial charge in [0.05, 0.1) is 18.4 Å². The molecule has 0 radical (unpaired) electrons. The summed E-state index contributed by atoms with van der Waals surface area (Å²) in [7, 11) is 0. The first-order valence-corrected chi connectivity index (χ1v) is 6.22. The summed E-state index contributed by atoms with van der Waals surface area (Å²) in [4.78, 5) is 23.2. The lowest BCUT2D eigenvalue weighted by Crippen LogP contribution is -2.38. The third-order valence-corrected chi connectivity index (χ3v) is 2.83. The van der Waals surface area contributed by atoms with Crippen LogP contribution in [0.1, 0.15) is 41.0 Å². The largest absolute Gasteiger partial charge is 0.481 e. The maximum absolute atomic E-state index is 11.9. The van der Waals surface area contributed by atoms with Gasteiger partial charge in [-0.1, -0.05) is 34.6 Å². The average molecular weight is 244 g/mol. The number of hydrogen-bond acceptors (Lipinski definition) is 3. The fourth-order valence-corrected chi connectivity index (χ4v) is 1.99. The molecular formula is C13H24O4. The van der Waals surface area contributed by atoms with Crippen molar-refractivity contribution in [2.24, 2.45) is 23.7 Å². The number of carboxylic acids is 1. The van der Waals surface area contributed by atoms with Crippen LogP contribution in [0.3, 0.4) is 0 Å². The van der Waals surface area contributed by atoms with Crippen LogP contribution in [-0.2, 0) is 14.3 Å². The molecule has 0 heterocycles. The molecule has 0 aromatic carbocycles. The van der Waals surface area contributed by atoms with Crippen LogP contribution in [0.25, 0.3) is 0 Å². The minimum Gasteiger partial charge on any atom is -0.481 e. The number of esters is 1. The molecule has 0 aliphatic carbocycles. The molecule has 0 aliphatic heterocycles. The molecule has 0 aromatic rings. The summed E-state index contributed by atoms with van der Waals surface area (Å²) in [6, 6.07) is 0. The SMILES string of the molecule is CCCOC(=O)C(C(C)C)C(C(=O)O)C(C)C. The zero-order valence-electron chi connectivity index (χ0n) is 11.4. The predicted molar refractivity (Wildman–Crippen MR) is 65.5 cm³/mol. The molecule has 1 N–H and O–H groups in total. The molecule has 0 rings (SSSR count). The molecule has 0 aliphatic rings. The molecule has 4 heteroatoms. The van der Waals surface area contributed by atoms with Crippen molar-refractivity contribution in [2.75, 3.05) is 6.61 Å². The molecular weight excluding hydrogens is 220 g/mol. The molecule has 0 saturated heterocycles. The Hall–Kier alpha value is -1.06. The van der Waals surface area contributed by atoms with Gasteiger partial charge in [-0.2, -0.15) is 0 Å². The number of hydrogen-bond donors (Lipinski definition) is 1. The summed E-state index contributed by atoms with van der Waals surface area (Å²) in [6.07, 6.45) is 0.746. The first-order valence-electron chi connectivity index (χ1n) is 6.22. The van der Waals surface area contributed by atoms with E-state index in [0.717, 1.165) is 6.42 Å². The van der Waals surface area contributed by atoms with Crippen molar-refractivity contribution in [1.29, 1.82) is 0 Å². The van der Waals surface area contributed by atoms with Gasteiger partial charge in [-0.3, -0.25) is 9.59 Å².